The minimum atomic E-state index is 0.791. The van der Waals surface area contributed by atoms with Gasteiger partial charge in [0.2, 0.25) is 0 Å². The van der Waals surface area contributed by atoms with Gasteiger partial charge in [-0.3, -0.25) is 4.90 Å². The van der Waals surface area contributed by atoms with Crippen molar-refractivity contribution in [2.75, 3.05) is 38.2 Å². The Labute approximate surface area is 153 Å². The molecule has 0 atom stereocenters. The van der Waals surface area contributed by atoms with Gasteiger partial charge in [0.1, 0.15) is 11.4 Å². The first-order valence-corrected chi connectivity index (χ1v) is 8.94. The topological polar surface area (TPSA) is 41.7 Å². The number of rotatable bonds is 5. The van der Waals surface area contributed by atoms with Crippen LogP contribution in [-0.4, -0.2) is 43.3 Å². The number of aromatic nitrogens is 1. The summed E-state index contributed by atoms with van der Waals surface area (Å²) in [7, 11) is 1.67. The largest absolute Gasteiger partial charge is 0.497 e. The number of para-hydroxylation sites is 1. The molecule has 0 N–H and O–H groups in total. The molecule has 2 aromatic carbocycles. The molecule has 4 rings (SSSR count). The quantitative estimate of drug-likeness (QED) is 0.703. The number of methoxy groups -OCH3 is 1. The standard InChI is InChI=1S/C21H23N3O2/c1-25-19-9-5-6-17(14-19)21-15-20(26-22-21)16-23-10-12-24(13-11-23)18-7-3-2-4-8-18/h2-9,14-15H,10-13,16H2,1H3. The number of piperazine rings is 1. The van der Waals surface area contributed by atoms with Crippen molar-refractivity contribution in [3.8, 4) is 17.0 Å². The van der Waals surface area contributed by atoms with Gasteiger partial charge in [0.15, 0.2) is 5.76 Å². The second kappa shape index (κ2) is 7.62. The normalized spacial score (nSPS) is 15.2. The zero-order valence-corrected chi connectivity index (χ0v) is 15.0. The summed E-state index contributed by atoms with van der Waals surface area (Å²) < 4.78 is 10.8. The summed E-state index contributed by atoms with van der Waals surface area (Å²) in [6, 6.07) is 20.5. The van der Waals surface area contributed by atoms with E-state index < -0.39 is 0 Å². The Morgan fingerprint density at radius 3 is 2.54 bits per heavy atom. The summed E-state index contributed by atoms with van der Waals surface area (Å²) in [5.74, 6) is 1.72. The van der Waals surface area contributed by atoms with Crippen molar-refractivity contribution in [1.82, 2.24) is 10.1 Å². The van der Waals surface area contributed by atoms with Crippen molar-refractivity contribution < 1.29 is 9.26 Å². The predicted molar refractivity (Wildman–Crippen MR) is 102 cm³/mol. The summed E-state index contributed by atoms with van der Waals surface area (Å²) in [4.78, 5) is 4.84. The molecular weight excluding hydrogens is 326 g/mol. The highest BCUT2D eigenvalue weighted by atomic mass is 16.5. The summed E-state index contributed by atoms with van der Waals surface area (Å²) in [5, 5.41) is 4.22. The molecule has 1 aliphatic heterocycles. The van der Waals surface area contributed by atoms with E-state index in [9.17, 15) is 0 Å². The minimum absolute atomic E-state index is 0.791. The third kappa shape index (κ3) is 3.73. The van der Waals surface area contributed by atoms with Crippen LogP contribution in [0, 0.1) is 0 Å². The second-order valence-electron chi connectivity index (χ2n) is 6.51. The predicted octanol–water partition coefficient (Wildman–Crippen LogP) is 3.67. The van der Waals surface area contributed by atoms with Crippen molar-refractivity contribution in [2.24, 2.45) is 0 Å². The molecule has 3 aromatic rings. The molecule has 0 bridgehead atoms. The summed E-state index contributed by atoms with van der Waals surface area (Å²) in [5.41, 5.74) is 3.15. The Bertz CT molecular complexity index is 839. The lowest BCUT2D eigenvalue weighted by molar-refractivity contribution is 0.220. The lowest BCUT2D eigenvalue weighted by Crippen LogP contribution is -2.45. The third-order valence-electron chi connectivity index (χ3n) is 4.80. The smallest absolute Gasteiger partial charge is 0.151 e. The molecular formula is C21H23N3O2. The molecule has 0 aliphatic carbocycles. The van der Waals surface area contributed by atoms with Crippen molar-refractivity contribution in [3.05, 3.63) is 66.4 Å². The maximum atomic E-state index is 5.56. The lowest BCUT2D eigenvalue weighted by atomic mass is 10.1. The Morgan fingerprint density at radius 1 is 0.962 bits per heavy atom. The average Bonchev–Trinajstić information content (AvgIpc) is 3.18. The van der Waals surface area contributed by atoms with Crippen LogP contribution in [0.25, 0.3) is 11.3 Å². The van der Waals surface area contributed by atoms with E-state index in [2.05, 4.69) is 45.3 Å². The highest BCUT2D eigenvalue weighted by Crippen LogP contribution is 2.24. The first-order chi connectivity index (χ1) is 12.8. The van der Waals surface area contributed by atoms with Crippen LogP contribution in [0.15, 0.2) is 65.2 Å². The highest BCUT2D eigenvalue weighted by Gasteiger charge is 2.19. The average molecular weight is 349 g/mol. The second-order valence-corrected chi connectivity index (χ2v) is 6.51. The molecule has 0 unspecified atom stereocenters. The third-order valence-corrected chi connectivity index (χ3v) is 4.80. The number of anilines is 1. The van der Waals surface area contributed by atoms with Crippen LogP contribution in [-0.2, 0) is 6.54 Å². The molecule has 0 saturated carbocycles. The summed E-state index contributed by atoms with van der Waals surface area (Å²) >= 11 is 0. The van der Waals surface area contributed by atoms with Gasteiger partial charge in [0, 0.05) is 43.5 Å². The molecule has 0 spiro atoms. The van der Waals surface area contributed by atoms with Crippen molar-refractivity contribution in [1.29, 1.82) is 0 Å². The van der Waals surface area contributed by atoms with Crippen LogP contribution in [0.5, 0.6) is 5.75 Å². The zero-order valence-electron chi connectivity index (χ0n) is 15.0. The number of hydrogen-bond donors (Lipinski definition) is 0. The van der Waals surface area contributed by atoms with E-state index in [1.165, 1.54) is 5.69 Å². The fourth-order valence-corrected chi connectivity index (χ4v) is 3.33. The molecule has 2 heterocycles. The van der Waals surface area contributed by atoms with Crippen LogP contribution < -0.4 is 9.64 Å². The van der Waals surface area contributed by atoms with Crippen LogP contribution in [0.3, 0.4) is 0 Å². The minimum Gasteiger partial charge on any atom is -0.497 e. The first kappa shape index (κ1) is 16.7. The molecule has 0 radical (unpaired) electrons. The lowest BCUT2D eigenvalue weighted by Gasteiger charge is -2.35. The molecule has 26 heavy (non-hydrogen) atoms. The molecule has 0 amide bonds. The van der Waals surface area contributed by atoms with Crippen molar-refractivity contribution in [2.45, 2.75) is 6.54 Å². The van der Waals surface area contributed by atoms with E-state index in [1.54, 1.807) is 7.11 Å². The van der Waals surface area contributed by atoms with Crippen molar-refractivity contribution >= 4 is 5.69 Å². The Kier molecular flexibility index (Phi) is 4.88. The fourth-order valence-electron chi connectivity index (χ4n) is 3.33. The maximum absolute atomic E-state index is 5.56. The number of hydrogen-bond acceptors (Lipinski definition) is 5. The summed E-state index contributed by atoms with van der Waals surface area (Å²) in [6.07, 6.45) is 0. The van der Waals surface area contributed by atoms with E-state index in [1.807, 2.05) is 30.3 Å². The molecule has 1 aliphatic rings. The van der Waals surface area contributed by atoms with Crippen LogP contribution in [0.2, 0.25) is 0 Å². The van der Waals surface area contributed by atoms with E-state index in [0.29, 0.717) is 0 Å². The van der Waals surface area contributed by atoms with Crippen LogP contribution in [0.1, 0.15) is 5.76 Å². The van der Waals surface area contributed by atoms with Gasteiger partial charge in [-0.1, -0.05) is 35.5 Å². The first-order valence-electron chi connectivity index (χ1n) is 8.94. The molecule has 1 aromatic heterocycles. The highest BCUT2D eigenvalue weighted by molar-refractivity contribution is 5.60. The zero-order chi connectivity index (χ0) is 17.8. The van der Waals surface area contributed by atoms with Gasteiger partial charge in [0.05, 0.1) is 13.7 Å². The Hall–Kier alpha value is -2.79. The van der Waals surface area contributed by atoms with Crippen molar-refractivity contribution in [3.63, 3.8) is 0 Å². The number of ether oxygens (including phenoxy) is 1. The van der Waals surface area contributed by atoms with Gasteiger partial charge in [-0.2, -0.15) is 0 Å². The fraction of sp³-hybridized carbons (Fsp3) is 0.286. The SMILES string of the molecule is COc1cccc(-c2cc(CN3CCN(c4ccccc4)CC3)on2)c1. The van der Waals surface area contributed by atoms with Gasteiger partial charge in [-0.25, -0.2) is 0 Å². The van der Waals surface area contributed by atoms with Gasteiger partial charge in [-0.15, -0.1) is 0 Å². The molecule has 5 heteroatoms. The van der Waals surface area contributed by atoms with E-state index in [4.69, 9.17) is 9.26 Å². The molecule has 134 valence electrons. The van der Waals surface area contributed by atoms with E-state index >= 15 is 0 Å². The van der Waals surface area contributed by atoms with Crippen LogP contribution >= 0.6 is 0 Å². The Balaban J connectivity index is 1.36. The van der Waals surface area contributed by atoms with E-state index in [-0.39, 0.29) is 0 Å². The molecule has 1 fully saturated rings. The number of nitrogens with zero attached hydrogens (tertiary/aromatic N) is 3. The maximum Gasteiger partial charge on any atom is 0.151 e. The van der Waals surface area contributed by atoms with Gasteiger partial charge < -0.3 is 14.2 Å². The summed E-state index contributed by atoms with van der Waals surface area (Å²) in [6.45, 7) is 4.88. The van der Waals surface area contributed by atoms with E-state index in [0.717, 1.165) is 55.5 Å². The Morgan fingerprint density at radius 2 is 1.77 bits per heavy atom. The molecule has 5 nitrogen and oxygen atoms in total. The van der Waals surface area contributed by atoms with Crippen LogP contribution in [0.4, 0.5) is 5.69 Å². The molecule has 1 saturated heterocycles. The van der Waals surface area contributed by atoms with Gasteiger partial charge in [0.25, 0.3) is 0 Å². The number of benzene rings is 2. The van der Waals surface area contributed by atoms with Gasteiger partial charge >= 0.3 is 0 Å². The monoisotopic (exact) mass is 349 g/mol. The van der Waals surface area contributed by atoms with Gasteiger partial charge in [-0.05, 0) is 24.3 Å².